The molecular weight excluding hydrogens is 415 g/mol. The van der Waals surface area contributed by atoms with Crippen LogP contribution in [-0.2, 0) is 0 Å². The van der Waals surface area contributed by atoms with Crippen LogP contribution in [0.5, 0.6) is 0 Å². The predicted molar refractivity (Wildman–Crippen MR) is 96.7 cm³/mol. The molecule has 8 heteroatoms. The second-order valence-corrected chi connectivity index (χ2v) is 8.23. The summed E-state index contributed by atoms with van der Waals surface area (Å²) in [6, 6.07) is 12.9. The minimum Gasteiger partial charge on any atom is -0.266 e. The van der Waals surface area contributed by atoms with Gasteiger partial charge in [-0.3, -0.25) is 20.4 Å². The Morgan fingerprint density at radius 1 is 0.833 bits per heavy atom. The maximum atomic E-state index is 13.0. The van der Waals surface area contributed by atoms with Gasteiger partial charge in [-0.2, -0.15) is 0 Å². The number of carbonyl (C=O) groups is 2. The number of amides is 2. The number of carbonyl (C=O) groups excluding carboxylic acids is 2. The van der Waals surface area contributed by atoms with Crippen molar-refractivity contribution in [3.05, 3.63) is 67.9 Å². The topological polar surface area (TPSA) is 58.2 Å². The van der Waals surface area contributed by atoms with Crippen LogP contribution in [0.15, 0.2) is 52.3 Å². The van der Waals surface area contributed by atoms with E-state index in [1.165, 1.54) is 34.8 Å². The molecule has 1 aromatic carbocycles. The van der Waals surface area contributed by atoms with E-state index in [4.69, 9.17) is 0 Å². The summed E-state index contributed by atoms with van der Waals surface area (Å²) in [4.78, 5) is 25.8. The number of hydrogen-bond donors (Lipinski definition) is 2. The zero-order valence-electron chi connectivity index (χ0n) is 12.0. The molecule has 2 heterocycles. The van der Waals surface area contributed by atoms with Gasteiger partial charge in [-0.05, 0) is 57.9 Å². The van der Waals surface area contributed by atoms with Crippen LogP contribution in [0, 0.1) is 5.82 Å². The third-order valence-electron chi connectivity index (χ3n) is 3.05. The first-order valence-corrected chi connectivity index (χ1v) is 9.17. The lowest BCUT2D eigenvalue weighted by molar-refractivity contribution is 0.0851. The third-order valence-corrected chi connectivity index (χ3v) is 5.80. The van der Waals surface area contributed by atoms with Gasteiger partial charge >= 0.3 is 0 Å². The zero-order chi connectivity index (χ0) is 17.1. The Morgan fingerprint density at radius 2 is 1.42 bits per heavy atom. The van der Waals surface area contributed by atoms with Gasteiger partial charge in [-0.1, -0.05) is 12.1 Å². The van der Waals surface area contributed by atoms with E-state index < -0.39 is 5.91 Å². The van der Waals surface area contributed by atoms with Crippen LogP contribution in [0.2, 0.25) is 0 Å². The molecule has 2 aromatic heterocycles. The average molecular weight is 425 g/mol. The molecule has 0 aliphatic carbocycles. The number of hydrogen-bond acceptors (Lipinski definition) is 4. The van der Waals surface area contributed by atoms with Gasteiger partial charge in [0.15, 0.2) is 0 Å². The highest BCUT2D eigenvalue weighted by Crippen LogP contribution is 2.28. The molecule has 0 saturated heterocycles. The molecule has 0 bridgehead atoms. The Balaban J connectivity index is 1.63. The SMILES string of the molecule is O=C(NNC(=O)c1ccc(-c2ccc(F)cc2)s1)c1ccc(Br)s1. The van der Waals surface area contributed by atoms with Crippen LogP contribution in [0.4, 0.5) is 4.39 Å². The van der Waals surface area contributed by atoms with Crippen molar-refractivity contribution in [2.24, 2.45) is 0 Å². The van der Waals surface area contributed by atoms with Crippen molar-refractivity contribution >= 4 is 50.4 Å². The van der Waals surface area contributed by atoms with Crippen molar-refractivity contribution in [2.75, 3.05) is 0 Å². The molecule has 2 N–H and O–H groups in total. The summed E-state index contributed by atoms with van der Waals surface area (Å²) in [5.41, 5.74) is 5.59. The van der Waals surface area contributed by atoms with Crippen molar-refractivity contribution in [2.45, 2.75) is 0 Å². The van der Waals surface area contributed by atoms with Crippen molar-refractivity contribution in [3.8, 4) is 10.4 Å². The molecule has 0 aliphatic rings. The molecule has 0 spiro atoms. The summed E-state index contributed by atoms with van der Waals surface area (Å²) in [6.07, 6.45) is 0. The van der Waals surface area contributed by atoms with Gasteiger partial charge in [0.2, 0.25) is 0 Å². The second kappa shape index (κ2) is 7.25. The lowest BCUT2D eigenvalue weighted by Crippen LogP contribution is -2.41. The fourth-order valence-corrected chi connectivity index (χ4v) is 4.09. The van der Waals surface area contributed by atoms with Gasteiger partial charge in [0.05, 0.1) is 13.5 Å². The molecule has 0 unspecified atom stereocenters. The number of hydrazine groups is 1. The molecule has 0 fully saturated rings. The van der Waals surface area contributed by atoms with E-state index in [9.17, 15) is 14.0 Å². The van der Waals surface area contributed by atoms with Crippen LogP contribution < -0.4 is 10.9 Å². The first-order valence-electron chi connectivity index (χ1n) is 6.75. The lowest BCUT2D eigenvalue weighted by atomic mass is 10.2. The highest BCUT2D eigenvalue weighted by Gasteiger charge is 2.13. The van der Waals surface area contributed by atoms with Crippen molar-refractivity contribution in [1.29, 1.82) is 0 Å². The minimum absolute atomic E-state index is 0.309. The van der Waals surface area contributed by atoms with Crippen molar-refractivity contribution in [1.82, 2.24) is 10.9 Å². The number of benzene rings is 1. The standard InChI is InChI=1S/C16H10BrFN2O2S2/c17-14-8-7-13(24-14)16(22)20-19-15(21)12-6-5-11(23-12)9-1-3-10(18)4-2-9/h1-8H,(H,19,21)(H,20,22). The van der Waals surface area contributed by atoms with Gasteiger partial charge in [0.1, 0.15) is 5.82 Å². The molecule has 0 radical (unpaired) electrons. The highest BCUT2D eigenvalue weighted by atomic mass is 79.9. The van der Waals surface area contributed by atoms with Crippen molar-refractivity contribution in [3.63, 3.8) is 0 Å². The molecule has 0 aliphatic heterocycles. The summed E-state index contributed by atoms with van der Waals surface area (Å²) in [6.45, 7) is 0. The summed E-state index contributed by atoms with van der Waals surface area (Å²) in [5.74, 6) is -1.09. The quantitative estimate of drug-likeness (QED) is 0.610. The molecule has 3 aromatic rings. The molecule has 0 saturated carbocycles. The van der Waals surface area contributed by atoms with E-state index in [1.807, 2.05) is 0 Å². The van der Waals surface area contributed by atoms with E-state index in [-0.39, 0.29) is 11.7 Å². The minimum atomic E-state index is -0.405. The molecule has 24 heavy (non-hydrogen) atoms. The molecular formula is C16H10BrFN2O2S2. The smallest absolute Gasteiger partial charge is 0.266 e. The van der Waals surface area contributed by atoms with Crippen LogP contribution in [0.1, 0.15) is 19.3 Å². The Labute approximate surface area is 153 Å². The maximum absolute atomic E-state index is 13.0. The van der Waals surface area contributed by atoms with Crippen LogP contribution in [-0.4, -0.2) is 11.8 Å². The van der Waals surface area contributed by atoms with Crippen LogP contribution >= 0.6 is 38.6 Å². The summed E-state index contributed by atoms with van der Waals surface area (Å²) >= 11 is 5.81. The molecule has 4 nitrogen and oxygen atoms in total. The largest absolute Gasteiger partial charge is 0.279 e. The Bertz CT molecular complexity index is 890. The van der Waals surface area contributed by atoms with Crippen LogP contribution in [0.25, 0.3) is 10.4 Å². The molecule has 0 atom stereocenters. The van der Waals surface area contributed by atoms with Gasteiger partial charge in [0, 0.05) is 4.88 Å². The predicted octanol–water partition coefficient (Wildman–Crippen LogP) is 4.45. The van der Waals surface area contributed by atoms with Crippen LogP contribution in [0.3, 0.4) is 0 Å². The van der Waals surface area contributed by atoms with E-state index in [0.29, 0.717) is 9.75 Å². The normalized spacial score (nSPS) is 10.4. The Hall–Kier alpha value is -2.03. The molecule has 2 amide bonds. The molecule has 122 valence electrons. The fourth-order valence-electron chi connectivity index (χ4n) is 1.90. The van der Waals surface area contributed by atoms with Gasteiger partial charge < -0.3 is 0 Å². The van der Waals surface area contributed by atoms with Crippen molar-refractivity contribution < 1.29 is 14.0 Å². The fraction of sp³-hybridized carbons (Fsp3) is 0. The third kappa shape index (κ3) is 3.89. The van der Waals surface area contributed by atoms with Gasteiger partial charge in [-0.15, -0.1) is 22.7 Å². The number of thiophene rings is 2. The van der Waals surface area contributed by atoms with E-state index in [2.05, 4.69) is 26.8 Å². The highest BCUT2D eigenvalue weighted by molar-refractivity contribution is 9.11. The molecule has 3 rings (SSSR count). The number of nitrogens with one attached hydrogen (secondary N) is 2. The summed E-state index contributed by atoms with van der Waals surface area (Å²) < 4.78 is 13.8. The first-order chi connectivity index (χ1) is 11.5. The maximum Gasteiger partial charge on any atom is 0.279 e. The zero-order valence-corrected chi connectivity index (χ0v) is 15.2. The first kappa shape index (κ1) is 16.8. The Kier molecular flexibility index (Phi) is 5.08. The number of halogens is 2. The average Bonchev–Trinajstić information content (AvgIpc) is 3.22. The summed E-state index contributed by atoms with van der Waals surface area (Å²) in [7, 11) is 0. The van der Waals surface area contributed by atoms with Gasteiger partial charge in [-0.25, -0.2) is 4.39 Å². The van der Waals surface area contributed by atoms with E-state index in [1.54, 1.807) is 36.4 Å². The van der Waals surface area contributed by atoms with E-state index >= 15 is 0 Å². The lowest BCUT2D eigenvalue weighted by Gasteiger charge is -2.04. The van der Waals surface area contributed by atoms with Gasteiger partial charge in [0.25, 0.3) is 11.8 Å². The Morgan fingerprint density at radius 3 is 2.00 bits per heavy atom. The van der Waals surface area contributed by atoms with E-state index in [0.717, 1.165) is 14.2 Å². The second-order valence-electron chi connectivity index (χ2n) is 4.68. The number of rotatable bonds is 3. The summed E-state index contributed by atoms with van der Waals surface area (Å²) in [5, 5.41) is 0. The monoisotopic (exact) mass is 424 g/mol.